The summed E-state index contributed by atoms with van der Waals surface area (Å²) in [6.45, 7) is 2.84. The van der Waals surface area contributed by atoms with Crippen molar-refractivity contribution in [1.29, 1.82) is 0 Å². The maximum atomic E-state index is 13.2. The summed E-state index contributed by atoms with van der Waals surface area (Å²) in [5, 5.41) is 3.42. The van der Waals surface area contributed by atoms with E-state index in [1.807, 2.05) is 12.3 Å². The Kier molecular flexibility index (Phi) is 3.56. The van der Waals surface area contributed by atoms with Gasteiger partial charge in [-0.2, -0.15) is 0 Å². The van der Waals surface area contributed by atoms with E-state index in [0.29, 0.717) is 0 Å². The molecule has 0 unspecified atom stereocenters. The zero-order valence-electron chi connectivity index (χ0n) is 14.5. The van der Waals surface area contributed by atoms with E-state index in [4.69, 9.17) is 0 Å². The minimum atomic E-state index is -0.210. The molecule has 0 bridgehead atoms. The molecule has 5 rings (SSSR count). The van der Waals surface area contributed by atoms with Gasteiger partial charge < -0.3 is 15.3 Å². The Bertz CT molecular complexity index is 917. The maximum Gasteiger partial charge on any atom is 0.142 e. The highest BCUT2D eigenvalue weighted by molar-refractivity contribution is 5.87. The first kappa shape index (κ1) is 15.6. The van der Waals surface area contributed by atoms with Crippen LogP contribution in [0, 0.1) is 5.82 Å². The van der Waals surface area contributed by atoms with Gasteiger partial charge in [-0.05, 0) is 49.6 Å². The van der Waals surface area contributed by atoms with Crippen LogP contribution in [0.5, 0.6) is 0 Å². The van der Waals surface area contributed by atoms with Crippen LogP contribution in [0.25, 0.3) is 11.0 Å². The van der Waals surface area contributed by atoms with Crippen molar-refractivity contribution >= 4 is 22.5 Å². The van der Waals surface area contributed by atoms with Crippen LogP contribution in [-0.4, -0.2) is 45.1 Å². The van der Waals surface area contributed by atoms with Gasteiger partial charge in [0.2, 0.25) is 0 Å². The molecular weight excluding hydrogens is 331 g/mol. The van der Waals surface area contributed by atoms with Crippen molar-refractivity contribution in [2.45, 2.75) is 24.8 Å². The first-order valence-electron chi connectivity index (χ1n) is 9.06. The number of anilines is 2. The number of aromatic amines is 1. The van der Waals surface area contributed by atoms with Gasteiger partial charge in [0.25, 0.3) is 0 Å². The summed E-state index contributed by atoms with van der Waals surface area (Å²) in [5.74, 6) is 0.796. The second-order valence-electron chi connectivity index (χ2n) is 7.21. The normalized spacial score (nSPS) is 19.7. The fourth-order valence-electron chi connectivity index (χ4n) is 3.90. The summed E-state index contributed by atoms with van der Waals surface area (Å²) in [4.78, 5) is 14.4. The quantitative estimate of drug-likeness (QED) is 0.758. The van der Waals surface area contributed by atoms with Gasteiger partial charge in [0.05, 0.1) is 10.9 Å². The lowest BCUT2D eigenvalue weighted by Gasteiger charge is -2.33. The molecule has 2 fully saturated rings. The third-order valence-corrected chi connectivity index (χ3v) is 5.44. The van der Waals surface area contributed by atoms with Crippen LogP contribution in [0.1, 0.15) is 19.3 Å². The Morgan fingerprint density at radius 1 is 1.08 bits per heavy atom. The van der Waals surface area contributed by atoms with E-state index in [1.165, 1.54) is 12.1 Å². The SMILES string of the molecule is Fc1ccc(NN2CCCN(c3ncnc4[nH]ccc34)CC23CC3)cc1. The van der Waals surface area contributed by atoms with Crippen molar-refractivity contribution in [2.75, 3.05) is 30.0 Å². The maximum absolute atomic E-state index is 13.2. The van der Waals surface area contributed by atoms with E-state index in [-0.39, 0.29) is 11.4 Å². The first-order chi connectivity index (χ1) is 12.7. The van der Waals surface area contributed by atoms with E-state index in [1.54, 1.807) is 18.5 Å². The molecule has 1 aliphatic carbocycles. The third kappa shape index (κ3) is 2.68. The second kappa shape index (κ2) is 5.95. The molecule has 0 atom stereocenters. The minimum absolute atomic E-state index is 0.110. The number of rotatable bonds is 3. The molecule has 3 aromatic rings. The molecule has 1 spiro atoms. The summed E-state index contributed by atoms with van der Waals surface area (Å²) in [5.41, 5.74) is 5.43. The minimum Gasteiger partial charge on any atom is -0.354 e. The fourth-order valence-corrected chi connectivity index (χ4v) is 3.90. The molecule has 2 N–H and O–H groups in total. The lowest BCUT2D eigenvalue weighted by Crippen LogP contribution is -2.46. The number of nitrogens with zero attached hydrogens (tertiary/aromatic N) is 4. The van der Waals surface area contributed by atoms with Crippen LogP contribution in [0.4, 0.5) is 15.9 Å². The number of halogens is 1. The largest absolute Gasteiger partial charge is 0.354 e. The zero-order chi connectivity index (χ0) is 17.6. The Morgan fingerprint density at radius 3 is 2.73 bits per heavy atom. The number of nitrogens with one attached hydrogen (secondary N) is 2. The highest BCUT2D eigenvalue weighted by atomic mass is 19.1. The van der Waals surface area contributed by atoms with Crippen molar-refractivity contribution in [3.63, 3.8) is 0 Å². The van der Waals surface area contributed by atoms with Crippen LogP contribution in [-0.2, 0) is 0 Å². The molecular formula is C19H21FN6. The molecule has 1 aromatic carbocycles. The van der Waals surface area contributed by atoms with Crippen molar-refractivity contribution in [1.82, 2.24) is 20.0 Å². The smallest absolute Gasteiger partial charge is 0.142 e. The van der Waals surface area contributed by atoms with Gasteiger partial charge in [0.15, 0.2) is 0 Å². The molecule has 1 aliphatic heterocycles. The molecule has 6 nitrogen and oxygen atoms in total. The summed E-state index contributed by atoms with van der Waals surface area (Å²) < 4.78 is 13.2. The van der Waals surface area contributed by atoms with Crippen molar-refractivity contribution in [3.8, 4) is 0 Å². The number of hydrazine groups is 1. The molecule has 7 heteroatoms. The molecule has 1 saturated carbocycles. The predicted molar refractivity (Wildman–Crippen MR) is 99.4 cm³/mol. The lowest BCUT2D eigenvalue weighted by molar-refractivity contribution is 0.237. The monoisotopic (exact) mass is 352 g/mol. The predicted octanol–water partition coefficient (Wildman–Crippen LogP) is 3.17. The van der Waals surface area contributed by atoms with E-state index >= 15 is 0 Å². The van der Waals surface area contributed by atoms with Crippen LogP contribution in [0.15, 0.2) is 42.9 Å². The highest BCUT2D eigenvalue weighted by Crippen LogP contribution is 2.44. The Morgan fingerprint density at radius 2 is 1.92 bits per heavy atom. The zero-order valence-corrected chi connectivity index (χ0v) is 14.5. The first-order valence-corrected chi connectivity index (χ1v) is 9.06. The van der Waals surface area contributed by atoms with Gasteiger partial charge in [-0.3, -0.25) is 0 Å². The molecule has 26 heavy (non-hydrogen) atoms. The lowest BCUT2D eigenvalue weighted by atomic mass is 10.2. The molecule has 0 radical (unpaired) electrons. The van der Waals surface area contributed by atoms with Gasteiger partial charge >= 0.3 is 0 Å². The number of H-pyrrole nitrogens is 1. The molecule has 1 saturated heterocycles. The van der Waals surface area contributed by atoms with Gasteiger partial charge in [0.1, 0.15) is 23.6 Å². The molecule has 2 aromatic heterocycles. The topological polar surface area (TPSA) is 60.1 Å². The van der Waals surface area contributed by atoms with E-state index in [9.17, 15) is 4.39 Å². The third-order valence-electron chi connectivity index (χ3n) is 5.44. The van der Waals surface area contributed by atoms with E-state index in [0.717, 1.165) is 61.4 Å². The summed E-state index contributed by atoms with van der Waals surface area (Å²) in [7, 11) is 0. The standard InChI is InChI=1S/C19H21FN6/c20-14-2-4-15(5-3-14)24-26-11-1-10-25(12-19(26)7-8-19)18-16-6-9-21-17(16)22-13-23-18/h2-6,9,13,24H,1,7-8,10-12H2,(H,21,22,23). The molecule has 134 valence electrons. The van der Waals surface area contributed by atoms with Crippen LogP contribution >= 0.6 is 0 Å². The number of benzene rings is 1. The second-order valence-corrected chi connectivity index (χ2v) is 7.21. The average Bonchev–Trinajstić information content (AvgIpc) is 3.32. The Hall–Kier alpha value is -2.67. The Labute approximate surface area is 151 Å². The average molecular weight is 352 g/mol. The number of hydrogen-bond donors (Lipinski definition) is 2. The van der Waals surface area contributed by atoms with Gasteiger partial charge in [-0.1, -0.05) is 0 Å². The Balaban J connectivity index is 1.40. The van der Waals surface area contributed by atoms with Gasteiger partial charge in [0, 0.05) is 31.5 Å². The summed E-state index contributed by atoms with van der Waals surface area (Å²) >= 11 is 0. The van der Waals surface area contributed by atoms with E-state index in [2.05, 4.69) is 30.3 Å². The molecule has 2 aliphatic rings. The van der Waals surface area contributed by atoms with Crippen molar-refractivity contribution < 1.29 is 4.39 Å². The number of aromatic nitrogens is 3. The van der Waals surface area contributed by atoms with Gasteiger partial charge in [-0.15, -0.1) is 0 Å². The summed E-state index contributed by atoms with van der Waals surface area (Å²) in [6.07, 6.45) is 6.88. The van der Waals surface area contributed by atoms with Crippen molar-refractivity contribution in [2.24, 2.45) is 0 Å². The van der Waals surface area contributed by atoms with Gasteiger partial charge in [-0.25, -0.2) is 19.4 Å². The number of fused-ring (bicyclic) bond motifs is 1. The number of hydrogen-bond acceptors (Lipinski definition) is 5. The molecule has 3 heterocycles. The van der Waals surface area contributed by atoms with Crippen LogP contribution in [0.3, 0.4) is 0 Å². The van der Waals surface area contributed by atoms with Crippen LogP contribution in [0.2, 0.25) is 0 Å². The fraction of sp³-hybridized carbons (Fsp3) is 0.368. The van der Waals surface area contributed by atoms with E-state index < -0.39 is 0 Å². The van der Waals surface area contributed by atoms with Crippen LogP contribution < -0.4 is 10.3 Å². The van der Waals surface area contributed by atoms with Crippen molar-refractivity contribution in [3.05, 3.63) is 48.7 Å². The highest BCUT2D eigenvalue weighted by Gasteiger charge is 2.50. The molecule has 0 amide bonds. The summed E-state index contributed by atoms with van der Waals surface area (Å²) in [6, 6.07) is 8.62.